The molecular formula is C22H28FN3O4S. The molecule has 2 aromatic carbocycles. The molecule has 0 saturated carbocycles. The van der Waals surface area contributed by atoms with Crippen molar-refractivity contribution in [3.8, 4) is 0 Å². The Hall–Kier alpha value is -2.94. The number of amides is 2. The van der Waals surface area contributed by atoms with Crippen molar-refractivity contribution in [3.63, 3.8) is 0 Å². The molecule has 0 spiro atoms. The van der Waals surface area contributed by atoms with Crippen molar-refractivity contribution >= 4 is 27.5 Å². The Bertz CT molecular complexity index is 999. The van der Waals surface area contributed by atoms with Gasteiger partial charge in [0.15, 0.2) is 0 Å². The van der Waals surface area contributed by atoms with E-state index in [1.165, 1.54) is 23.1 Å². The molecule has 7 nitrogen and oxygen atoms in total. The first-order valence-corrected chi connectivity index (χ1v) is 11.8. The van der Waals surface area contributed by atoms with E-state index in [-0.39, 0.29) is 18.1 Å². The maximum atomic E-state index is 14.3. The average molecular weight is 450 g/mol. The molecule has 2 rings (SSSR count). The fourth-order valence-corrected chi connectivity index (χ4v) is 3.99. The van der Waals surface area contributed by atoms with E-state index in [1.807, 2.05) is 30.3 Å². The van der Waals surface area contributed by atoms with Gasteiger partial charge in [0, 0.05) is 13.1 Å². The highest BCUT2D eigenvalue weighted by molar-refractivity contribution is 7.92. The van der Waals surface area contributed by atoms with E-state index in [2.05, 4.69) is 5.32 Å². The van der Waals surface area contributed by atoms with Gasteiger partial charge in [0.25, 0.3) is 0 Å². The molecule has 1 atom stereocenters. The van der Waals surface area contributed by atoms with Gasteiger partial charge in [0.05, 0.1) is 11.9 Å². The van der Waals surface area contributed by atoms with Gasteiger partial charge in [-0.1, -0.05) is 42.5 Å². The molecule has 2 amide bonds. The van der Waals surface area contributed by atoms with Gasteiger partial charge >= 0.3 is 0 Å². The second kappa shape index (κ2) is 10.9. The molecule has 1 N–H and O–H groups in total. The normalized spacial score (nSPS) is 12.1. The topological polar surface area (TPSA) is 86.8 Å². The molecule has 0 aliphatic heterocycles. The van der Waals surface area contributed by atoms with Crippen LogP contribution in [0.25, 0.3) is 0 Å². The number of anilines is 1. The van der Waals surface area contributed by atoms with Crippen LogP contribution in [-0.2, 0) is 26.0 Å². The van der Waals surface area contributed by atoms with Crippen LogP contribution in [0.15, 0.2) is 54.6 Å². The van der Waals surface area contributed by atoms with Gasteiger partial charge in [-0.3, -0.25) is 13.9 Å². The van der Waals surface area contributed by atoms with E-state index in [4.69, 9.17) is 0 Å². The van der Waals surface area contributed by atoms with Crippen LogP contribution in [0.2, 0.25) is 0 Å². The van der Waals surface area contributed by atoms with E-state index in [0.717, 1.165) is 22.2 Å². The largest absolute Gasteiger partial charge is 0.355 e. The quantitative estimate of drug-likeness (QED) is 0.602. The molecule has 0 fully saturated rings. The van der Waals surface area contributed by atoms with Gasteiger partial charge in [-0.25, -0.2) is 12.8 Å². The molecule has 0 bridgehead atoms. The SMILES string of the molecule is CCNC(=O)[C@@H](C)N(CCc1ccccc1)C(=O)CN(c1ccccc1F)S(C)(=O)=O. The minimum atomic E-state index is -3.95. The fraction of sp³-hybridized carbons (Fsp3) is 0.364. The van der Waals surface area contributed by atoms with Crippen LogP contribution in [0.4, 0.5) is 10.1 Å². The molecular weight excluding hydrogens is 421 g/mol. The minimum Gasteiger partial charge on any atom is -0.355 e. The zero-order chi connectivity index (χ0) is 23.0. The number of nitrogens with one attached hydrogen (secondary N) is 1. The number of halogens is 1. The van der Waals surface area contributed by atoms with E-state index in [9.17, 15) is 22.4 Å². The summed E-state index contributed by atoms with van der Waals surface area (Å²) in [4.78, 5) is 26.9. The predicted octanol–water partition coefficient (Wildman–Crippen LogP) is 2.19. The molecule has 0 aliphatic rings. The zero-order valence-electron chi connectivity index (χ0n) is 17.9. The summed E-state index contributed by atoms with van der Waals surface area (Å²) in [5.74, 6) is -1.70. The number of benzene rings is 2. The zero-order valence-corrected chi connectivity index (χ0v) is 18.7. The maximum Gasteiger partial charge on any atom is 0.244 e. The summed E-state index contributed by atoms with van der Waals surface area (Å²) in [6.07, 6.45) is 1.39. The van der Waals surface area contributed by atoms with Gasteiger partial charge < -0.3 is 10.2 Å². The number of para-hydroxylation sites is 1. The second-order valence-electron chi connectivity index (χ2n) is 7.11. The molecule has 0 aromatic heterocycles. The number of rotatable bonds is 10. The lowest BCUT2D eigenvalue weighted by Crippen LogP contribution is -2.52. The Morgan fingerprint density at radius 1 is 1.06 bits per heavy atom. The molecule has 0 unspecified atom stereocenters. The average Bonchev–Trinajstić information content (AvgIpc) is 2.73. The Morgan fingerprint density at radius 3 is 2.26 bits per heavy atom. The van der Waals surface area contributed by atoms with Crippen LogP contribution in [0, 0.1) is 5.82 Å². The number of carbonyl (C=O) groups excluding carboxylic acids is 2. The van der Waals surface area contributed by atoms with Gasteiger partial charge in [0.1, 0.15) is 18.4 Å². The number of nitrogens with zero attached hydrogens (tertiary/aromatic N) is 2. The number of hydrogen-bond donors (Lipinski definition) is 1. The molecule has 0 heterocycles. The minimum absolute atomic E-state index is 0.204. The predicted molar refractivity (Wildman–Crippen MR) is 119 cm³/mol. The molecule has 0 saturated heterocycles. The van der Waals surface area contributed by atoms with Crippen LogP contribution < -0.4 is 9.62 Å². The number of hydrogen-bond acceptors (Lipinski definition) is 4. The highest BCUT2D eigenvalue weighted by Crippen LogP contribution is 2.21. The van der Waals surface area contributed by atoms with Crippen molar-refractivity contribution in [3.05, 3.63) is 66.0 Å². The van der Waals surface area contributed by atoms with Gasteiger partial charge in [-0.15, -0.1) is 0 Å². The van der Waals surface area contributed by atoms with Crippen LogP contribution in [0.1, 0.15) is 19.4 Å². The summed E-state index contributed by atoms with van der Waals surface area (Å²) in [5.41, 5.74) is 0.754. The van der Waals surface area contributed by atoms with Crippen molar-refractivity contribution in [2.75, 3.05) is 30.2 Å². The van der Waals surface area contributed by atoms with Crippen molar-refractivity contribution in [2.24, 2.45) is 0 Å². The molecule has 168 valence electrons. The van der Waals surface area contributed by atoms with E-state index < -0.39 is 34.3 Å². The number of likely N-dealkylation sites (N-methyl/N-ethyl adjacent to an activating group) is 1. The van der Waals surface area contributed by atoms with Crippen LogP contribution >= 0.6 is 0 Å². The highest BCUT2D eigenvalue weighted by atomic mass is 32.2. The van der Waals surface area contributed by atoms with Crippen LogP contribution in [0.3, 0.4) is 0 Å². The lowest BCUT2D eigenvalue weighted by atomic mass is 10.1. The Balaban J connectivity index is 2.30. The van der Waals surface area contributed by atoms with Crippen LogP contribution in [0.5, 0.6) is 0 Å². The summed E-state index contributed by atoms with van der Waals surface area (Å²) in [5, 5.41) is 2.68. The molecule has 0 aliphatic carbocycles. The fourth-order valence-electron chi connectivity index (χ4n) is 3.14. The monoisotopic (exact) mass is 449 g/mol. The summed E-state index contributed by atoms with van der Waals surface area (Å²) < 4.78 is 39.7. The van der Waals surface area contributed by atoms with Gasteiger partial charge in [0.2, 0.25) is 21.8 Å². The number of carbonyl (C=O) groups is 2. The number of sulfonamides is 1. The third-order valence-electron chi connectivity index (χ3n) is 4.80. The molecule has 2 aromatic rings. The Kier molecular flexibility index (Phi) is 8.56. The van der Waals surface area contributed by atoms with Gasteiger partial charge in [-0.2, -0.15) is 0 Å². The molecule has 9 heteroatoms. The molecule has 0 radical (unpaired) electrons. The first kappa shape index (κ1) is 24.3. The van der Waals surface area contributed by atoms with Gasteiger partial charge in [-0.05, 0) is 38.0 Å². The third kappa shape index (κ3) is 6.78. The van der Waals surface area contributed by atoms with Crippen LogP contribution in [-0.4, -0.2) is 57.1 Å². The maximum absolute atomic E-state index is 14.3. The Labute approximate surface area is 182 Å². The first-order chi connectivity index (χ1) is 14.6. The smallest absolute Gasteiger partial charge is 0.244 e. The van der Waals surface area contributed by atoms with E-state index in [0.29, 0.717) is 13.0 Å². The van der Waals surface area contributed by atoms with Crippen molar-refractivity contribution in [2.45, 2.75) is 26.3 Å². The van der Waals surface area contributed by atoms with Crippen molar-refractivity contribution in [1.82, 2.24) is 10.2 Å². The summed E-state index contributed by atoms with van der Waals surface area (Å²) in [6, 6.07) is 14.0. The Morgan fingerprint density at radius 2 is 1.68 bits per heavy atom. The standard InChI is InChI=1S/C22H28FN3O4S/c1-4-24-22(28)17(2)25(15-14-18-10-6-5-7-11-18)21(27)16-26(31(3,29)30)20-13-9-8-12-19(20)23/h5-13,17H,4,14-16H2,1-3H3,(H,24,28)/t17-/m1/s1. The highest BCUT2D eigenvalue weighted by Gasteiger charge is 2.30. The van der Waals surface area contributed by atoms with E-state index >= 15 is 0 Å². The lowest BCUT2D eigenvalue weighted by Gasteiger charge is -2.31. The third-order valence-corrected chi connectivity index (χ3v) is 5.93. The van der Waals surface area contributed by atoms with E-state index in [1.54, 1.807) is 13.8 Å². The van der Waals surface area contributed by atoms with Crippen molar-refractivity contribution < 1.29 is 22.4 Å². The summed E-state index contributed by atoms with van der Waals surface area (Å²) in [6.45, 7) is 3.34. The van der Waals surface area contributed by atoms with Crippen molar-refractivity contribution in [1.29, 1.82) is 0 Å². The molecule has 31 heavy (non-hydrogen) atoms. The summed E-state index contributed by atoms with van der Waals surface area (Å²) in [7, 11) is -3.95. The first-order valence-electron chi connectivity index (χ1n) is 9.98. The second-order valence-corrected chi connectivity index (χ2v) is 9.02. The lowest BCUT2D eigenvalue weighted by molar-refractivity contribution is -0.138. The summed E-state index contributed by atoms with van der Waals surface area (Å²) >= 11 is 0.